The summed E-state index contributed by atoms with van der Waals surface area (Å²) in [6.45, 7) is 3.35. The van der Waals surface area contributed by atoms with Crippen molar-refractivity contribution in [3.8, 4) is 5.75 Å². The van der Waals surface area contributed by atoms with Gasteiger partial charge in [-0.25, -0.2) is 0 Å². The molecule has 0 unspecified atom stereocenters. The van der Waals surface area contributed by atoms with Crippen LogP contribution in [-0.2, 0) is 0 Å². The number of likely N-dealkylation sites (tertiary alicyclic amines) is 1. The van der Waals surface area contributed by atoms with Crippen LogP contribution in [0.3, 0.4) is 0 Å². The minimum atomic E-state index is 0.0529. The summed E-state index contributed by atoms with van der Waals surface area (Å²) in [6, 6.07) is 10.9. The molecule has 0 saturated carbocycles. The van der Waals surface area contributed by atoms with E-state index in [4.69, 9.17) is 16.3 Å². The van der Waals surface area contributed by atoms with Gasteiger partial charge in [-0.05, 0) is 43.3 Å². The summed E-state index contributed by atoms with van der Waals surface area (Å²) in [4.78, 5) is 18.6. The molecule has 1 amide bonds. The van der Waals surface area contributed by atoms with E-state index >= 15 is 0 Å². The Morgan fingerprint density at radius 2 is 1.87 bits per heavy atom. The average molecular weight is 331 g/mol. The van der Waals surface area contributed by atoms with Crippen LogP contribution in [0.25, 0.3) is 0 Å². The predicted molar refractivity (Wildman–Crippen MR) is 90.0 cm³/mol. The van der Waals surface area contributed by atoms with Gasteiger partial charge >= 0.3 is 0 Å². The molecule has 2 heterocycles. The Labute approximate surface area is 141 Å². The van der Waals surface area contributed by atoms with Crippen molar-refractivity contribution in [2.75, 3.05) is 13.1 Å². The van der Waals surface area contributed by atoms with Gasteiger partial charge in [0.1, 0.15) is 11.9 Å². The van der Waals surface area contributed by atoms with Crippen LogP contribution in [-0.4, -0.2) is 35.0 Å². The van der Waals surface area contributed by atoms with Crippen molar-refractivity contribution in [2.24, 2.45) is 0 Å². The largest absolute Gasteiger partial charge is 0.489 e. The van der Waals surface area contributed by atoms with Crippen molar-refractivity contribution in [1.82, 2.24) is 9.88 Å². The van der Waals surface area contributed by atoms with E-state index in [1.54, 1.807) is 30.5 Å². The first-order valence-electron chi connectivity index (χ1n) is 7.76. The Balaban J connectivity index is 1.54. The summed E-state index contributed by atoms with van der Waals surface area (Å²) in [5.74, 6) is 0.843. The summed E-state index contributed by atoms with van der Waals surface area (Å²) in [7, 11) is 0. The van der Waals surface area contributed by atoms with Crippen molar-refractivity contribution in [3.63, 3.8) is 0 Å². The summed E-state index contributed by atoms with van der Waals surface area (Å²) >= 11 is 5.86. The zero-order valence-electron chi connectivity index (χ0n) is 13.0. The second-order valence-electron chi connectivity index (χ2n) is 5.75. The molecule has 0 atom stereocenters. The lowest BCUT2D eigenvalue weighted by atomic mass is 10.1. The summed E-state index contributed by atoms with van der Waals surface area (Å²) in [5, 5.41) is 0.639. The number of hydrogen-bond acceptors (Lipinski definition) is 3. The Hall–Kier alpha value is -2.07. The number of amides is 1. The van der Waals surface area contributed by atoms with E-state index in [2.05, 4.69) is 4.98 Å². The van der Waals surface area contributed by atoms with Crippen LogP contribution in [0.4, 0.5) is 0 Å². The predicted octanol–water partition coefficient (Wildman–Crippen LogP) is 3.73. The first-order chi connectivity index (χ1) is 11.1. The SMILES string of the molecule is Cc1ccc(OC2CCN(C(=O)c3ccc(Cl)cc3)CC2)cn1. The lowest BCUT2D eigenvalue weighted by Crippen LogP contribution is -2.41. The molecular weight excluding hydrogens is 312 g/mol. The molecule has 0 N–H and O–H groups in total. The van der Waals surface area contributed by atoms with Crippen molar-refractivity contribution in [2.45, 2.75) is 25.9 Å². The first kappa shape index (κ1) is 15.8. The molecular formula is C18H19ClN2O2. The Bertz CT molecular complexity index is 662. The molecule has 1 fully saturated rings. The first-order valence-corrected chi connectivity index (χ1v) is 8.14. The normalized spacial score (nSPS) is 15.5. The number of nitrogens with zero attached hydrogens (tertiary/aromatic N) is 2. The van der Waals surface area contributed by atoms with Crippen molar-refractivity contribution < 1.29 is 9.53 Å². The zero-order chi connectivity index (χ0) is 16.2. The summed E-state index contributed by atoms with van der Waals surface area (Å²) in [5.41, 5.74) is 1.65. The molecule has 5 heteroatoms. The fourth-order valence-corrected chi connectivity index (χ4v) is 2.79. The monoisotopic (exact) mass is 330 g/mol. The molecule has 0 bridgehead atoms. The van der Waals surface area contributed by atoms with Crippen LogP contribution in [0.1, 0.15) is 28.9 Å². The Morgan fingerprint density at radius 3 is 2.48 bits per heavy atom. The van der Waals surface area contributed by atoms with Gasteiger partial charge < -0.3 is 9.64 Å². The van der Waals surface area contributed by atoms with E-state index in [0.717, 1.165) is 24.3 Å². The van der Waals surface area contributed by atoms with E-state index in [1.807, 2.05) is 24.0 Å². The van der Waals surface area contributed by atoms with Gasteiger partial charge in [-0.3, -0.25) is 9.78 Å². The fraction of sp³-hybridized carbons (Fsp3) is 0.333. The molecule has 3 rings (SSSR count). The van der Waals surface area contributed by atoms with Crippen molar-refractivity contribution in [1.29, 1.82) is 0 Å². The topological polar surface area (TPSA) is 42.4 Å². The van der Waals surface area contributed by atoms with Gasteiger partial charge in [-0.15, -0.1) is 0 Å². The highest BCUT2D eigenvalue weighted by molar-refractivity contribution is 6.30. The second kappa shape index (κ2) is 7.01. The average Bonchev–Trinajstić information content (AvgIpc) is 2.58. The number of hydrogen-bond donors (Lipinski definition) is 0. The summed E-state index contributed by atoms with van der Waals surface area (Å²) < 4.78 is 5.94. The van der Waals surface area contributed by atoms with Crippen molar-refractivity contribution in [3.05, 3.63) is 58.9 Å². The van der Waals surface area contributed by atoms with Crippen LogP contribution >= 0.6 is 11.6 Å². The third-order valence-electron chi connectivity index (χ3n) is 4.01. The quantitative estimate of drug-likeness (QED) is 0.861. The number of benzene rings is 1. The van der Waals surface area contributed by atoms with Gasteiger partial charge in [-0.1, -0.05) is 11.6 Å². The van der Waals surface area contributed by atoms with Gasteiger partial charge in [-0.2, -0.15) is 0 Å². The maximum Gasteiger partial charge on any atom is 0.253 e. The fourth-order valence-electron chi connectivity index (χ4n) is 2.67. The summed E-state index contributed by atoms with van der Waals surface area (Å²) in [6.07, 6.45) is 3.54. The van der Waals surface area contributed by atoms with E-state index in [-0.39, 0.29) is 12.0 Å². The lowest BCUT2D eigenvalue weighted by molar-refractivity contribution is 0.0595. The van der Waals surface area contributed by atoms with E-state index < -0.39 is 0 Å². The molecule has 2 aromatic rings. The number of aryl methyl sites for hydroxylation is 1. The Morgan fingerprint density at radius 1 is 1.17 bits per heavy atom. The molecule has 1 aliphatic rings. The minimum absolute atomic E-state index is 0.0529. The molecule has 0 aliphatic carbocycles. The van der Waals surface area contributed by atoms with Crippen LogP contribution in [0.5, 0.6) is 5.75 Å². The highest BCUT2D eigenvalue weighted by Gasteiger charge is 2.24. The van der Waals surface area contributed by atoms with E-state index in [9.17, 15) is 4.79 Å². The van der Waals surface area contributed by atoms with Gasteiger partial charge in [0.15, 0.2) is 0 Å². The molecule has 4 nitrogen and oxygen atoms in total. The third kappa shape index (κ3) is 4.02. The van der Waals surface area contributed by atoms with Crippen LogP contribution in [0.15, 0.2) is 42.6 Å². The maximum absolute atomic E-state index is 12.4. The van der Waals surface area contributed by atoms with Gasteiger partial charge in [0.25, 0.3) is 5.91 Å². The van der Waals surface area contributed by atoms with Crippen LogP contribution in [0, 0.1) is 6.92 Å². The van der Waals surface area contributed by atoms with Gasteiger partial charge in [0.05, 0.1) is 6.20 Å². The molecule has 120 valence electrons. The van der Waals surface area contributed by atoms with E-state index in [0.29, 0.717) is 23.7 Å². The smallest absolute Gasteiger partial charge is 0.253 e. The number of rotatable bonds is 3. The number of pyridine rings is 1. The number of ether oxygens (including phenoxy) is 1. The third-order valence-corrected chi connectivity index (χ3v) is 4.26. The number of halogens is 1. The highest BCUT2D eigenvalue weighted by Crippen LogP contribution is 2.20. The molecule has 1 aromatic carbocycles. The Kier molecular flexibility index (Phi) is 4.82. The number of aromatic nitrogens is 1. The molecule has 23 heavy (non-hydrogen) atoms. The maximum atomic E-state index is 12.4. The van der Waals surface area contributed by atoms with Gasteiger partial charge in [0.2, 0.25) is 0 Å². The minimum Gasteiger partial charge on any atom is -0.489 e. The lowest BCUT2D eigenvalue weighted by Gasteiger charge is -2.32. The molecule has 0 spiro atoms. The number of carbonyl (C=O) groups excluding carboxylic acids is 1. The number of carbonyl (C=O) groups is 1. The van der Waals surface area contributed by atoms with Crippen LogP contribution < -0.4 is 4.74 Å². The van der Waals surface area contributed by atoms with Crippen LogP contribution in [0.2, 0.25) is 5.02 Å². The highest BCUT2D eigenvalue weighted by atomic mass is 35.5. The molecule has 1 aliphatic heterocycles. The second-order valence-corrected chi connectivity index (χ2v) is 6.19. The molecule has 1 aromatic heterocycles. The molecule has 1 saturated heterocycles. The number of piperidine rings is 1. The zero-order valence-corrected chi connectivity index (χ0v) is 13.8. The van der Waals surface area contributed by atoms with Crippen molar-refractivity contribution >= 4 is 17.5 Å². The standard InChI is InChI=1S/C18H19ClN2O2/c1-13-2-7-17(12-20-13)23-16-8-10-21(11-9-16)18(22)14-3-5-15(19)6-4-14/h2-7,12,16H,8-11H2,1H3. The van der Waals surface area contributed by atoms with Gasteiger partial charge in [0, 0.05) is 42.2 Å². The molecule has 0 radical (unpaired) electrons. The van der Waals surface area contributed by atoms with E-state index in [1.165, 1.54) is 0 Å².